The van der Waals surface area contributed by atoms with E-state index in [9.17, 15) is 9.59 Å². The van der Waals surface area contributed by atoms with E-state index in [2.05, 4.69) is 241 Å². The fourth-order valence-corrected chi connectivity index (χ4v) is 50.8. The molecule has 1 N–H and O–H groups in total. The average molecular weight is 1970 g/mol. The van der Waals surface area contributed by atoms with Gasteiger partial charge in [0.2, 0.25) is 5.91 Å². The Kier molecular flexibility index (Phi) is 22.2. The van der Waals surface area contributed by atoms with Gasteiger partial charge in [0.1, 0.15) is 0 Å². The quantitative estimate of drug-likeness (QED) is 0.0452. The van der Waals surface area contributed by atoms with Crippen LogP contribution in [0.4, 0.5) is 0 Å². The second kappa shape index (κ2) is 34.6. The molecule has 42 aliphatic carbocycles. The van der Waals surface area contributed by atoms with Crippen LogP contribution in [0.15, 0.2) is 216 Å². The molecule has 0 radical (unpaired) electrons. The summed E-state index contributed by atoms with van der Waals surface area (Å²) in [5.74, 6) is 39.9. The SMILES string of the molecule is C(=CC12CC3C4CC5(C=Cc6ccccc6)CC3C(C1)C(C5)C4C2)c1ccccc1.C=CC12CC3C4CC5(C=CC(=O)NCC)CC3C(C1)C(C5)C4C2.C=CC12CC3C4CC5(C=CC(=O)OCC(C)C)CC3C(C1)C(C5)C4C2.C=Cc1cc(C=C)cc(C23CC4CC5C6CC(CC52)CC3C6C4)c1.C=Cc1ccc(C23CC4CC5C6CC(CC52)CC3C6C4)c(C=C)c1.C=Cc1cccc(C23CC4C5CC6CC4C(C2)C(C6)C5C3)c1. The highest BCUT2D eigenvalue weighted by molar-refractivity contribution is 5.87. The molecule has 4 heteroatoms. The molecule has 0 aliphatic heterocycles. The number of allylic oxidation sites excluding steroid dienone is 6. The zero-order valence-corrected chi connectivity index (χ0v) is 90.3. The van der Waals surface area contributed by atoms with Crippen molar-refractivity contribution in [3.8, 4) is 0 Å². The molecule has 4 nitrogen and oxygen atoms in total. The number of hydrogen-bond donors (Lipinski definition) is 1. The summed E-state index contributed by atoms with van der Waals surface area (Å²) < 4.78 is 5.36. The summed E-state index contributed by atoms with van der Waals surface area (Å²) in [7, 11) is 0. The molecule has 1 amide bonds. The molecule has 0 aromatic heterocycles. The van der Waals surface area contributed by atoms with Crippen molar-refractivity contribution in [2.75, 3.05) is 13.2 Å². The molecule has 0 spiro atoms. The van der Waals surface area contributed by atoms with E-state index in [0.717, 1.165) is 237 Å². The monoisotopic (exact) mass is 1970 g/mol. The molecule has 8 atom stereocenters. The molecular weight excluding hydrogens is 1790 g/mol. The number of ether oxygens (including phenoxy) is 1. The molecule has 774 valence electrons. The Labute approximate surface area is 890 Å². The highest BCUT2D eigenvalue weighted by Crippen LogP contribution is 2.85. The lowest BCUT2D eigenvalue weighted by molar-refractivity contribution is -0.237. The average Bonchev–Trinajstić information content (AvgIpc) is 0.694. The summed E-state index contributed by atoms with van der Waals surface area (Å²) in [4.78, 5) is 23.9. The molecule has 47 rings (SSSR count). The van der Waals surface area contributed by atoms with E-state index in [1.54, 1.807) is 80.6 Å². The molecule has 0 saturated heterocycles. The second-order valence-corrected chi connectivity index (χ2v) is 59.8. The van der Waals surface area contributed by atoms with E-state index in [0.29, 0.717) is 61.3 Å². The third-order valence-electron chi connectivity index (χ3n) is 54.2. The van der Waals surface area contributed by atoms with Gasteiger partial charge in [0.05, 0.1) is 6.61 Å². The molecule has 148 heavy (non-hydrogen) atoms. The Hall–Kier alpha value is -7.82. The molecule has 42 aliphatic rings. The van der Waals surface area contributed by atoms with Crippen LogP contribution in [0.1, 0.15) is 308 Å². The van der Waals surface area contributed by atoms with E-state index in [4.69, 9.17) is 4.74 Å². The Morgan fingerprint density at radius 1 is 0.304 bits per heavy atom. The van der Waals surface area contributed by atoms with Crippen molar-refractivity contribution in [1.29, 1.82) is 0 Å². The maximum Gasteiger partial charge on any atom is 0.330 e. The number of likely N-dealkylation sites (N-methyl/N-ethyl adjacent to an activating group) is 1. The molecule has 0 heterocycles. The fraction of sp³-hybridized carbons (Fsp3) is 0.625. The number of rotatable bonds is 21. The Morgan fingerprint density at radius 2 is 0.628 bits per heavy atom. The van der Waals surface area contributed by atoms with E-state index in [1.807, 2.05) is 37.3 Å². The maximum atomic E-state index is 12.1. The Bertz CT molecular complexity index is 5880. The highest BCUT2D eigenvalue weighted by atomic mass is 16.5. The van der Waals surface area contributed by atoms with Crippen LogP contribution in [-0.4, -0.2) is 25.0 Å². The molecule has 42 fully saturated rings. The molecule has 5 aromatic rings. The summed E-state index contributed by atoms with van der Waals surface area (Å²) in [5, 5.41) is 2.91. The van der Waals surface area contributed by atoms with E-state index in [-0.39, 0.29) is 11.9 Å². The van der Waals surface area contributed by atoms with Crippen LogP contribution in [-0.2, 0) is 30.6 Å². The summed E-state index contributed by atoms with van der Waals surface area (Å²) in [6, 6.07) is 45.6. The van der Waals surface area contributed by atoms with Gasteiger partial charge >= 0.3 is 5.97 Å². The lowest BCUT2D eigenvalue weighted by Crippen LogP contribution is -2.69. The predicted molar refractivity (Wildman–Crippen MR) is 606 cm³/mol. The van der Waals surface area contributed by atoms with Crippen LogP contribution in [0.25, 0.3) is 42.5 Å². The van der Waals surface area contributed by atoms with E-state index < -0.39 is 0 Å². The van der Waals surface area contributed by atoms with Gasteiger partial charge in [0.25, 0.3) is 0 Å². The van der Waals surface area contributed by atoms with Gasteiger partial charge in [-0.3, -0.25) is 4.79 Å². The van der Waals surface area contributed by atoms with E-state index in [1.165, 1.54) is 212 Å². The van der Waals surface area contributed by atoms with Crippen molar-refractivity contribution in [3.63, 3.8) is 0 Å². The van der Waals surface area contributed by atoms with Gasteiger partial charge in [0, 0.05) is 23.5 Å². The summed E-state index contributed by atoms with van der Waals surface area (Å²) in [6.45, 7) is 36.0. The standard InChI is InChI=1S/C30H32.2C24H28.C23H32O2.C22H26.C21H29NO/c1-3-7-21(8-4-1)11-13-29-15-23-26-18-30(14-12-22-9-5-2-6-10-22)19-27(23)25(17-29)28(20-30)24(26)16-29;1-3-14-5-15(4-2)7-18(6-14)24-13-17-9-20-19-8-16(11-22(20)24)12-23(24)21(19)10-17;1-3-14-5-6-21(17(4-2)7-14)24-13-16-9-19-18-8-15(11-22(19)24)12-23(24)20(18)10-16;1-4-22-7-15-18-10-23(6-5-21(24)25-13-14(2)3)11-19(15)17(9-22)20(12-23)16(18)8-22;1-2-13-4-3-5-15(6-13)22-10-19-16-7-14-8-17(19)21(12-22)18(9-14)20(16)11-22;1-3-20-7-13-16-10-21(6-5-19(23)22-4-2)11-17(13)15(9-20)18(12-21)14(16)8-20/h1-14,23-28H,15-20H2;3-7,16-17,19-23H,1-2,8-13H2;3-7,15-16,18-20,22-23H,1-2,8-13H2;4-6,14-20H,1,7-13H2,2-3H3;2-6,14,16-21H,1,7-12H2;3,5-6,13-18H,1,4,7-12H2,2H3,(H,22,23). The third kappa shape index (κ3) is 14.2. The van der Waals surface area contributed by atoms with Crippen LogP contribution in [0.5, 0.6) is 0 Å². The van der Waals surface area contributed by atoms with Gasteiger partial charge in [-0.1, -0.05) is 235 Å². The van der Waals surface area contributed by atoms with Crippen molar-refractivity contribution in [3.05, 3.63) is 272 Å². The van der Waals surface area contributed by atoms with Crippen molar-refractivity contribution in [2.45, 2.75) is 268 Å². The number of nitrogens with one attached hydrogen (secondary N) is 1. The number of benzene rings is 5. The minimum absolute atomic E-state index is 0.0951. The smallest absolute Gasteiger partial charge is 0.330 e. The van der Waals surface area contributed by atoms with Gasteiger partial charge in [-0.2, -0.15) is 0 Å². The first-order valence-electron chi connectivity index (χ1n) is 62.1. The molecule has 5 aromatic carbocycles. The second-order valence-electron chi connectivity index (χ2n) is 59.8. The van der Waals surface area contributed by atoms with Gasteiger partial charge < -0.3 is 10.1 Å². The van der Waals surface area contributed by atoms with Crippen molar-refractivity contribution >= 4 is 54.4 Å². The normalized spacial score (nSPS) is 50.4. The van der Waals surface area contributed by atoms with Crippen molar-refractivity contribution in [2.24, 2.45) is 269 Å². The highest BCUT2D eigenvalue weighted by Gasteiger charge is 2.77. The summed E-state index contributed by atoms with van der Waals surface area (Å²) in [6.07, 6.45) is 86.3. The first kappa shape index (κ1) is 94.9. The minimum atomic E-state index is -0.140. The largest absolute Gasteiger partial charge is 0.462 e. The number of amides is 1. The van der Waals surface area contributed by atoms with Gasteiger partial charge in [-0.25, -0.2) is 4.79 Å². The minimum Gasteiger partial charge on any atom is -0.462 e. The first-order valence-corrected chi connectivity index (χ1v) is 62.1. The van der Waals surface area contributed by atoms with Crippen LogP contribution < -0.4 is 5.32 Å². The Morgan fingerprint density at radius 3 is 1.00 bits per heavy atom. The molecule has 42 saturated carbocycles. The third-order valence-corrected chi connectivity index (χ3v) is 54.2. The van der Waals surface area contributed by atoms with Crippen LogP contribution in [0.2, 0.25) is 0 Å². The fourth-order valence-electron chi connectivity index (χ4n) is 50.8. The zero-order valence-electron chi connectivity index (χ0n) is 90.3. The molecular formula is C144H175NO3. The van der Waals surface area contributed by atoms with Gasteiger partial charge in [-0.05, 0) is 587 Å². The van der Waals surface area contributed by atoms with Crippen molar-refractivity contribution < 1.29 is 14.3 Å². The number of hydrogen-bond acceptors (Lipinski definition) is 3. The van der Waals surface area contributed by atoms with E-state index >= 15 is 0 Å². The Balaban J connectivity index is 0.0000000822. The van der Waals surface area contributed by atoms with Crippen LogP contribution in [0, 0.1) is 269 Å². The van der Waals surface area contributed by atoms with Crippen LogP contribution >= 0.6 is 0 Å². The van der Waals surface area contributed by atoms with Gasteiger partial charge in [0.15, 0.2) is 0 Å². The summed E-state index contributed by atoms with van der Waals surface area (Å²) in [5.41, 5.74) is 18.4. The topological polar surface area (TPSA) is 55.4 Å². The van der Waals surface area contributed by atoms with Gasteiger partial charge in [-0.15, -0.1) is 13.2 Å². The lowest BCUT2D eigenvalue weighted by atomic mass is 9.30. The number of carbonyl (C=O) groups excluding carboxylic acids is 2. The first-order chi connectivity index (χ1) is 72.0. The lowest BCUT2D eigenvalue weighted by Gasteiger charge is -2.75. The molecule has 8 unspecified atom stereocenters. The number of esters is 1. The zero-order chi connectivity index (χ0) is 99.6. The summed E-state index contributed by atoms with van der Waals surface area (Å²) >= 11 is 0. The number of carbonyl (C=O) groups is 2. The maximum absolute atomic E-state index is 12.1. The molecule has 48 bridgehead atoms. The van der Waals surface area contributed by atoms with Crippen molar-refractivity contribution in [1.82, 2.24) is 5.32 Å². The predicted octanol–water partition coefficient (Wildman–Crippen LogP) is 33.6. The van der Waals surface area contributed by atoms with Crippen LogP contribution in [0.3, 0.4) is 0 Å².